The van der Waals surface area contributed by atoms with Crippen molar-refractivity contribution < 1.29 is 9.18 Å². The summed E-state index contributed by atoms with van der Waals surface area (Å²) in [7, 11) is 4.21. The maximum absolute atomic E-state index is 13.1. The van der Waals surface area contributed by atoms with Crippen molar-refractivity contribution in [2.75, 3.05) is 64.8 Å². The molecule has 1 aromatic rings. The zero-order chi connectivity index (χ0) is 17.8. The summed E-state index contributed by atoms with van der Waals surface area (Å²) in [4.78, 5) is 21.4. The van der Waals surface area contributed by atoms with Crippen LogP contribution in [-0.2, 0) is 4.79 Å². The Kier molecular flexibility index (Phi) is 5.91. The maximum Gasteiger partial charge on any atom is 0.236 e. The molecule has 25 heavy (non-hydrogen) atoms. The zero-order valence-corrected chi connectivity index (χ0v) is 15.3. The van der Waals surface area contributed by atoms with Gasteiger partial charge in [-0.25, -0.2) is 4.39 Å². The van der Waals surface area contributed by atoms with Crippen molar-refractivity contribution in [2.24, 2.45) is 0 Å². The van der Waals surface area contributed by atoms with Gasteiger partial charge in [0.15, 0.2) is 0 Å². The first-order valence-corrected chi connectivity index (χ1v) is 9.20. The lowest BCUT2D eigenvalue weighted by Crippen LogP contribution is -2.42. The number of rotatable bonds is 4. The predicted octanol–water partition coefficient (Wildman–Crippen LogP) is 1.50. The van der Waals surface area contributed by atoms with E-state index in [1.165, 1.54) is 12.1 Å². The van der Waals surface area contributed by atoms with Crippen molar-refractivity contribution in [3.05, 3.63) is 30.1 Å². The number of carbonyl (C=O) groups excluding carboxylic acids is 1. The minimum atomic E-state index is -0.211. The Morgan fingerprint density at radius 1 is 1.12 bits per heavy atom. The number of halogens is 1. The molecular weight excluding hydrogens is 319 g/mol. The largest absolute Gasteiger partial charge is 0.370 e. The van der Waals surface area contributed by atoms with Crippen molar-refractivity contribution in [2.45, 2.75) is 18.9 Å². The van der Waals surface area contributed by atoms with Gasteiger partial charge < -0.3 is 14.7 Å². The number of carbonyl (C=O) groups is 1. The fourth-order valence-corrected chi connectivity index (χ4v) is 3.75. The van der Waals surface area contributed by atoms with Gasteiger partial charge in [0, 0.05) is 51.0 Å². The molecule has 2 fully saturated rings. The summed E-state index contributed by atoms with van der Waals surface area (Å²) in [5, 5.41) is 0. The highest BCUT2D eigenvalue weighted by Crippen LogP contribution is 2.18. The summed E-state index contributed by atoms with van der Waals surface area (Å²) in [5.74, 6) is 0.0254. The van der Waals surface area contributed by atoms with E-state index in [-0.39, 0.29) is 11.7 Å². The molecule has 2 aliphatic heterocycles. The minimum absolute atomic E-state index is 0.211. The van der Waals surface area contributed by atoms with Crippen LogP contribution < -0.4 is 4.90 Å². The molecule has 1 aromatic carbocycles. The first-order chi connectivity index (χ1) is 12.0. The third-order valence-corrected chi connectivity index (χ3v) is 5.38. The molecule has 2 aliphatic rings. The Balaban J connectivity index is 1.51. The number of benzene rings is 1. The molecule has 5 nitrogen and oxygen atoms in total. The van der Waals surface area contributed by atoms with E-state index in [2.05, 4.69) is 28.8 Å². The van der Waals surface area contributed by atoms with Crippen molar-refractivity contribution >= 4 is 11.6 Å². The molecule has 3 rings (SSSR count). The van der Waals surface area contributed by atoms with Crippen LogP contribution in [0.2, 0.25) is 0 Å². The topological polar surface area (TPSA) is 30.0 Å². The van der Waals surface area contributed by atoms with Gasteiger partial charge in [0.2, 0.25) is 5.91 Å². The molecular formula is C19H29FN4O. The van der Waals surface area contributed by atoms with Crippen LogP contribution in [0.4, 0.5) is 10.1 Å². The SMILES string of the molecule is CN(C)[C@@H]1CCN(CC(=O)N2CCCN(c3ccc(F)cc3)CC2)C1. The zero-order valence-electron chi connectivity index (χ0n) is 15.3. The van der Waals surface area contributed by atoms with Gasteiger partial charge in [-0.3, -0.25) is 9.69 Å². The van der Waals surface area contributed by atoms with E-state index in [1.807, 2.05) is 17.0 Å². The number of hydrogen-bond donors (Lipinski definition) is 0. The molecule has 0 aromatic heterocycles. The first kappa shape index (κ1) is 18.1. The molecule has 0 unspecified atom stereocenters. The van der Waals surface area contributed by atoms with E-state index in [9.17, 15) is 9.18 Å². The first-order valence-electron chi connectivity index (χ1n) is 9.20. The molecule has 6 heteroatoms. The number of anilines is 1. The van der Waals surface area contributed by atoms with E-state index in [0.29, 0.717) is 12.6 Å². The van der Waals surface area contributed by atoms with Gasteiger partial charge in [0.05, 0.1) is 6.54 Å². The summed E-state index contributed by atoms with van der Waals surface area (Å²) in [6.07, 6.45) is 2.09. The Morgan fingerprint density at radius 2 is 1.88 bits per heavy atom. The van der Waals surface area contributed by atoms with E-state index in [4.69, 9.17) is 0 Å². The third-order valence-electron chi connectivity index (χ3n) is 5.38. The Hall–Kier alpha value is -1.66. The van der Waals surface area contributed by atoms with Crippen molar-refractivity contribution in [3.8, 4) is 0 Å². The summed E-state index contributed by atoms with van der Waals surface area (Å²) in [6.45, 7) is 5.77. The molecule has 1 atom stereocenters. The van der Waals surface area contributed by atoms with Gasteiger partial charge in [-0.15, -0.1) is 0 Å². The lowest BCUT2D eigenvalue weighted by Gasteiger charge is -2.25. The summed E-state index contributed by atoms with van der Waals surface area (Å²) in [5.41, 5.74) is 1.03. The molecule has 138 valence electrons. The summed E-state index contributed by atoms with van der Waals surface area (Å²) < 4.78 is 13.1. The highest BCUT2D eigenvalue weighted by atomic mass is 19.1. The number of likely N-dealkylation sites (N-methyl/N-ethyl adjacent to an activating group) is 1. The molecule has 2 saturated heterocycles. The van der Waals surface area contributed by atoms with Gasteiger partial charge in [0.25, 0.3) is 0 Å². The number of amides is 1. The second kappa shape index (κ2) is 8.15. The molecule has 0 radical (unpaired) electrons. The molecule has 0 aliphatic carbocycles. The fraction of sp³-hybridized carbons (Fsp3) is 0.632. The van der Waals surface area contributed by atoms with Crippen molar-refractivity contribution in [3.63, 3.8) is 0 Å². The average molecular weight is 348 g/mol. The van der Waals surface area contributed by atoms with Crippen molar-refractivity contribution in [1.29, 1.82) is 0 Å². The monoisotopic (exact) mass is 348 g/mol. The molecule has 0 spiro atoms. The third kappa shape index (κ3) is 4.70. The van der Waals surface area contributed by atoms with Crippen LogP contribution in [0.5, 0.6) is 0 Å². The standard InChI is InChI=1S/C19H29FN4O/c1-21(2)18-8-11-22(14-18)15-19(25)24-10-3-9-23(12-13-24)17-6-4-16(20)5-7-17/h4-7,18H,3,8-15H2,1-2H3/t18-/m1/s1. The molecule has 0 bridgehead atoms. The summed E-state index contributed by atoms with van der Waals surface area (Å²) >= 11 is 0. The van der Waals surface area contributed by atoms with Gasteiger partial charge in [-0.1, -0.05) is 0 Å². The van der Waals surface area contributed by atoms with Gasteiger partial charge in [-0.2, -0.15) is 0 Å². The van der Waals surface area contributed by atoms with E-state index >= 15 is 0 Å². The average Bonchev–Trinajstić information content (AvgIpc) is 2.91. The normalized spacial score (nSPS) is 22.5. The smallest absolute Gasteiger partial charge is 0.236 e. The van der Waals surface area contributed by atoms with Gasteiger partial charge in [0.1, 0.15) is 5.82 Å². The highest BCUT2D eigenvalue weighted by molar-refractivity contribution is 5.78. The van der Waals surface area contributed by atoms with Crippen LogP contribution >= 0.6 is 0 Å². The maximum atomic E-state index is 13.1. The van der Waals surface area contributed by atoms with Crippen molar-refractivity contribution in [1.82, 2.24) is 14.7 Å². The van der Waals surface area contributed by atoms with Crippen LogP contribution in [0, 0.1) is 5.82 Å². The second-order valence-electron chi connectivity index (χ2n) is 7.34. The lowest BCUT2D eigenvalue weighted by atomic mass is 10.2. The van der Waals surface area contributed by atoms with E-state index in [1.54, 1.807) is 0 Å². The van der Waals surface area contributed by atoms with E-state index in [0.717, 1.165) is 57.8 Å². The second-order valence-corrected chi connectivity index (χ2v) is 7.34. The molecule has 0 N–H and O–H groups in total. The van der Waals surface area contributed by atoms with Crippen LogP contribution in [0.1, 0.15) is 12.8 Å². The Labute approximate surface area is 150 Å². The molecule has 1 amide bonds. The summed E-state index contributed by atoms with van der Waals surface area (Å²) in [6, 6.07) is 7.19. The minimum Gasteiger partial charge on any atom is -0.370 e. The van der Waals surface area contributed by atoms with Gasteiger partial charge in [-0.05, 0) is 51.2 Å². The van der Waals surface area contributed by atoms with E-state index < -0.39 is 0 Å². The van der Waals surface area contributed by atoms with Crippen LogP contribution in [0.15, 0.2) is 24.3 Å². The molecule has 2 heterocycles. The predicted molar refractivity (Wildman–Crippen MR) is 98.3 cm³/mol. The molecule has 0 saturated carbocycles. The quantitative estimate of drug-likeness (QED) is 0.825. The van der Waals surface area contributed by atoms with Gasteiger partial charge >= 0.3 is 0 Å². The Bertz CT molecular complexity index is 577. The fourth-order valence-electron chi connectivity index (χ4n) is 3.75. The number of nitrogens with zero attached hydrogens (tertiary/aromatic N) is 4. The van der Waals surface area contributed by atoms with Crippen LogP contribution in [0.3, 0.4) is 0 Å². The lowest BCUT2D eigenvalue weighted by molar-refractivity contribution is -0.132. The number of likely N-dealkylation sites (tertiary alicyclic amines) is 1. The number of hydrogen-bond acceptors (Lipinski definition) is 4. The highest BCUT2D eigenvalue weighted by Gasteiger charge is 2.27. The Morgan fingerprint density at radius 3 is 2.56 bits per heavy atom. The van der Waals surface area contributed by atoms with Crippen LogP contribution in [-0.4, -0.2) is 86.6 Å². The van der Waals surface area contributed by atoms with Crippen LogP contribution in [0.25, 0.3) is 0 Å².